The molecule has 3 unspecified atom stereocenters. The molecular formula is C20H21Cl2NO2. The molecule has 0 bridgehead atoms. The first-order valence-corrected chi connectivity index (χ1v) is 9.10. The van der Waals surface area contributed by atoms with Crippen LogP contribution in [0.5, 0.6) is 0 Å². The standard InChI is InChI=1S/C20H21Cl2NO2/c1-5-14-18(11(2)3)12(4)9-20(14)10-17(24)23(19(20)25)13-6-7-15(21)16(22)8-13/h5-8,12,14H,1,9-10H2,2-4H3. The maximum atomic E-state index is 13.4. The summed E-state index contributed by atoms with van der Waals surface area (Å²) in [6.07, 6.45) is 2.69. The van der Waals surface area contributed by atoms with Crippen molar-refractivity contribution in [2.45, 2.75) is 33.6 Å². The number of imide groups is 1. The van der Waals surface area contributed by atoms with E-state index in [1.54, 1.807) is 18.2 Å². The summed E-state index contributed by atoms with van der Waals surface area (Å²) in [6.45, 7) is 10.2. The molecule has 0 aromatic heterocycles. The number of allylic oxidation sites excluding steroid dienone is 3. The van der Waals surface area contributed by atoms with E-state index >= 15 is 0 Å². The van der Waals surface area contributed by atoms with Gasteiger partial charge in [0.15, 0.2) is 0 Å². The summed E-state index contributed by atoms with van der Waals surface area (Å²) in [5.74, 6) is -0.225. The number of carbonyl (C=O) groups excluding carboxylic acids is 2. The summed E-state index contributed by atoms with van der Waals surface area (Å²) in [5, 5.41) is 0.718. The van der Waals surface area contributed by atoms with Crippen LogP contribution in [0.2, 0.25) is 10.0 Å². The molecule has 0 N–H and O–H groups in total. The maximum Gasteiger partial charge on any atom is 0.241 e. The summed E-state index contributed by atoms with van der Waals surface area (Å²) in [6, 6.07) is 4.84. The molecular weight excluding hydrogens is 357 g/mol. The molecule has 1 aliphatic heterocycles. The van der Waals surface area contributed by atoms with E-state index in [1.807, 2.05) is 6.08 Å². The van der Waals surface area contributed by atoms with Crippen LogP contribution in [0, 0.1) is 17.3 Å². The summed E-state index contributed by atoms with van der Waals surface area (Å²) in [5.41, 5.74) is 2.16. The van der Waals surface area contributed by atoms with Gasteiger partial charge < -0.3 is 0 Å². The molecule has 3 atom stereocenters. The van der Waals surface area contributed by atoms with Gasteiger partial charge in [-0.05, 0) is 44.4 Å². The lowest BCUT2D eigenvalue weighted by atomic mass is 9.75. The molecule has 1 heterocycles. The average molecular weight is 378 g/mol. The minimum absolute atomic E-state index is 0.114. The van der Waals surface area contributed by atoms with Gasteiger partial charge in [-0.2, -0.15) is 0 Å². The number of halogens is 2. The smallest absolute Gasteiger partial charge is 0.241 e. The Balaban J connectivity index is 2.08. The Kier molecular flexibility index (Phi) is 4.59. The molecule has 5 heteroatoms. The predicted octanol–water partition coefficient (Wildman–Crippen LogP) is 5.42. The molecule has 1 saturated heterocycles. The van der Waals surface area contributed by atoms with Gasteiger partial charge in [-0.3, -0.25) is 9.59 Å². The van der Waals surface area contributed by atoms with Gasteiger partial charge in [0.1, 0.15) is 0 Å². The van der Waals surface area contributed by atoms with Gasteiger partial charge in [-0.15, -0.1) is 6.58 Å². The van der Waals surface area contributed by atoms with Gasteiger partial charge >= 0.3 is 0 Å². The fourth-order valence-corrected chi connectivity index (χ4v) is 4.88. The third-order valence-electron chi connectivity index (χ3n) is 5.45. The third-order valence-corrected chi connectivity index (χ3v) is 6.19. The van der Waals surface area contributed by atoms with E-state index in [4.69, 9.17) is 23.2 Å². The highest BCUT2D eigenvalue weighted by Gasteiger charge is 2.60. The van der Waals surface area contributed by atoms with Crippen molar-refractivity contribution in [1.29, 1.82) is 0 Å². The number of rotatable bonds is 2. The number of amides is 2. The van der Waals surface area contributed by atoms with Crippen LogP contribution >= 0.6 is 23.2 Å². The third kappa shape index (κ3) is 2.65. The topological polar surface area (TPSA) is 37.4 Å². The van der Waals surface area contributed by atoms with Crippen LogP contribution in [-0.2, 0) is 9.59 Å². The van der Waals surface area contributed by atoms with Crippen LogP contribution in [0.1, 0.15) is 33.6 Å². The highest BCUT2D eigenvalue weighted by atomic mass is 35.5. The predicted molar refractivity (Wildman–Crippen MR) is 102 cm³/mol. The van der Waals surface area contributed by atoms with Crippen molar-refractivity contribution < 1.29 is 9.59 Å². The van der Waals surface area contributed by atoms with Crippen molar-refractivity contribution in [2.75, 3.05) is 4.90 Å². The molecule has 1 aromatic carbocycles. The van der Waals surface area contributed by atoms with E-state index in [-0.39, 0.29) is 30.1 Å². The van der Waals surface area contributed by atoms with Crippen molar-refractivity contribution >= 4 is 40.7 Å². The zero-order valence-electron chi connectivity index (χ0n) is 14.6. The quantitative estimate of drug-likeness (QED) is 0.509. The monoisotopic (exact) mass is 377 g/mol. The van der Waals surface area contributed by atoms with Gasteiger partial charge in [-0.25, -0.2) is 4.90 Å². The normalized spacial score (nSPS) is 29.0. The van der Waals surface area contributed by atoms with Crippen molar-refractivity contribution in [3.8, 4) is 0 Å². The van der Waals surface area contributed by atoms with Crippen LogP contribution in [-0.4, -0.2) is 11.8 Å². The fraction of sp³-hybridized carbons (Fsp3) is 0.400. The zero-order valence-corrected chi connectivity index (χ0v) is 16.1. The lowest BCUT2D eigenvalue weighted by molar-refractivity contribution is -0.126. The molecule has 3 rings (SSSR count). The maximum absolute atomic E-state index is 13.4. The molecule has 1 spiro atoms. The fourth-order valence-electron chi connectivity index (χ4n) is 4.59. The van der Waals surface area contributed by atoms with Gasteiger partial charge in [0.25, 0.3) is 0 Å². The number of hydrogen-bond donors (Lipinski definition) is 0. The molecule has 132 valence electrons. The lowest BCUT2D eigenvalue weighted by Gasteiger charge is -2.27. The molecule has 1 aromatic rings. The van der Waals surface area contributed by atoms with E-state index in [9.17, 15) is 9.59 Å². The summed E-state index contributed by atoms with van der Waals surface area (Å²) in [4.78, 5) is 27.4. The number of hydrogen-bond acceptors (Lipinski definition) is 2. The molecule has 25 heavy (non-hydrogen) atoms. The highest BCUT2D eigenvalue weighted by molar-refractivity contribution is 6.42. The Morgan fingerprint density at radius 1 is 1.28 bits per heavy atom. The first-order chi connectivity index (χ1) is 11.7. The van der Waals surface area contributed by atoms with Crippen molar-refractivity contribution in [2.24, 2.45) is 17.3 Å². The lowest BCUT2D eigenvalue weighted by Crippen LogP contribution is -2.37. The molecule has 2 aliphatic rings. The summed E-state index contributed by atoms with van der Waals surface area (Å²) in [7, 11) is 0. The molecule has 2 amide bonds. The summed E-state index contributed by atoms with van der Waals surface area (Å²) < 4.78 is 0. The van der Waals surface area contributed by atoms with Gasteiger partial charge in [0.2, 0.25) is 11.8 Å². The average Bonchev–Trinajstić information content (AvgIpc) is 2.96. The van der Waals surface area contributed by atoms with E-state index in [0.29, 0.717) is 22.2 Å². The Bertz CT molecular complexity index is 810. The molecule has 1 saturated carbocycles. The van der Waals surface area contributed by atoms with Crippen LogP contribution in [0.15, 0.2) is 42.0 Å². The second-order valence-electron chi connectivity index (χ2n) is 7.24. The largest absolute Gasteiger partial charge is 0.274 e. The van der Waals surface area contributed by atoms with E-state index < -0.39 is 5.41 Å². The van der Waals surface area contributed by atoms with Gasteiger partial charge in [0, 0.05) is 12.3 Å². The Labute approximate surface area is 158 Å². The van der Waals surface area contributed by atoms with Crippen LogP contribution in [0.25, 0.3) is 0 Å². The van der Waals surface area contributed by atoms with E-state index in [2.05, 4.69) is 27.4 Å². The minimum atomic E-state index is -0.739. The zero-order chi connectivity index (χ0) is 18.5. The summed E-state index contributed by atoms with van der Waals surface area (Å²) >= 11 is 12.0. The van der Waals surface area contributed by atoms with Crippen LogP contribution < -0.4 is 4.90 Å². The van der Waals surface area contributed by atoms with Gasteiger partial charge in [0.05, 0.1) is 21.1 Å². The number of anilines is 1. The van der Waals surface area contributed by atoms with E-state index in [0.717, 1.165) is 0 Å². The first-order valence-electron chi connectivity index (χ1n) is 8.35. The molecule has 1 aliphatic carbocycles. The Morgan fingerprint density at radius 2 is 1.96 bits per heavy atom. The van der Waals surface area contributed by atoms with E-state index in [1.165, 1.54) is 16.0 Å². The number of benzene rings is 1. The highest BCUT2D eigenvalue weighted by Crippen LogP contribution is 2.57. The number of carbonyl (C=O) groups is 2. The van der Waals surface area contributed by atoms with Crippen molar-refractivity contribution in [3.05, 3.63) is 52.0 Å². The van der Waals surface area contributed by atoms with Crippen LogP contribution in [0.3, 0.4) is 0 Å². The molecule has 3 nitrogen and oxygen atoms in total. The number of nitrogens with zero attached hydrogens (tertiary/aromatic N) is 1. The molecule has 2 fully saturated rings. The van der Waals surface area contributed by atoms with Gasteiger partial charge in [-0.1, -0.05) is 47.3 Å². The second kappa shape index (κ2) is 6.30. The van der Waals surface area contributed by atoms with Crippen LogP contribution in [0.4, 0.5) is 5.69 Å². The Hall–Kier alpha value is -1.58. The minimum Gasteiger partial charge on any atom is -0.274 e. The second-order valence-corrected chi connectivity index (χ2v) is 8.05. The van der Waals surface area contributed by atoms with Crippen molar-refractivity contribution in [3.63, 3.8) is 0 Å². The SMILES string of the molecule is C=CC1C(=C(C)C)C(C)CC12CC(=O)N(c1ccc(Cl)c(Cl)c1)C2=O. The van der Waals surface area contributed by atoms with Crippen molar-refractivity contribution in [1.82, 2.24) is 0 Å². The first kappa shape index (κ1) is 18.2. The molecule has 0 radical (unpaired) electrons. The Morgan fingerprint density at radius 3 is 2.52 bits per heavy atom.